The van der Waals surface area contributed by atoms with Crippen LogP contribution in [0.25, 0.3) is 0 Å². The summed E-state index contributed by atoms with van der Waals surface area (Å²) in [5, 5.41) is 102. The van der Waals surface area contributed by atoms with Gasteiger partial charge in [-0.2, -0.15) is 0 Å². The molecule has 4 bridgehead atoms. The molecule has 17 heteroatoms. The van der Waals surface area contributed by atoms with Crippen molar-refractivity contribution in [3.8, 4) is 0 Å². The van der Waals surface area contributed by atoms with Crippen LogP contribution in [0.3, 0.4) is 0 Å². The number of Topliss-reactive ketones (excluding diaryl/α,β-unsaturated/α-hetero) is 2. The molecule has 8 rings (SSSR count). The monoisotopic (exact) mass is 1710 g/mol. The van der Waals surface area contributed by atoms with Gasteiger partial charge in [-0.05, 0) is 67.2 Å². The normalized spacial score (nSPS) is 51.0. The predicted octanol–water partition coefficient (Wildman–Crippen LogP) is 1.75. The van der Waals surface area contributed by atoms with Crippen LogP contribution in [0.4, 0.5) is 0 Å². The zero-order chi connectivity index (χ0) is 42.0. The van der Waals surface area contributed by atoms with Crippen LogP contribution in [-0.2, 0) is 19.1 Å². The molecule has 4 radical (unpaired) electrons. The average Bonchev–Trinajstić information content (AvgIpc) is 3.10. The Morgan fingerprint density at radius 3 is 1.23 bits per heavy atom. The van der Waals surface area contributed by atoms with Gasteiger partial charge in [-0.1, -0.05) is 62.8 Å². The Balaban J connectivity index is 0.000000388. The van der Waals surface area contributed by atoms with Crippen LogP contribution in [0.15, 0.2) is 22.3 Å². The maximum absolute atomic E-state index is 13.8. The summed E-state index contributed by atoms with van der Waals surface area (Å²) in [4.78, 5) is 27.4. The first-order valence-electron chi connectivity index (χ1n) is 20.5. The number of ether oxygens (including phenoxy) is 2. The molecule has 2 heterocycles. The van der Waals surface area contributed by atoms with Crippen LogP contribution in [0.2, 0.25) is 0 Å². The molecule has 2 saturated heterocycles. The third-order valence-corrected chi connectivity index (χ3v) is 18.2. The number of carbonyl (C=O) groups is 2. The van der Waals surface area contributed by atoms with Gasteiger partial charge in [0, 0.05) is 224 Å². The van der Waals surface area contributed by atoms with Crippen molar-refractivity contribution in [2.45, 2.75) is 174 Å². The summed E-state index contributed by atoms with van der Waals surface area (Å²) in [6, 6.07) is 0. The van der Waals surface area contributed by atoms with E-state index in [-0.39, 0.29) is 234 Å². The van der Waals surface area contributed by atoms with Crippen molar-refractivity contribution in [1.29, 1.82) is 0 Å². The first kappa shape index (κ1) is 61.3. The van der Waals surface area contributed by atoms with E-state index in [4.69, 9.17) is 9.47 Å². The molecule has 61 heavy (non-hydrogen) atoms. The Morgan fingerprint density at radius 1 is 0.557 bits per heavy atom. The van der Waals surface area contributed by atoms with Crippen LogP contribution < -0.4 is 0 Å². The average molecular weight is 1720 g/mol. The first-order valence-corrected chi connectivity index (χ1v) is 20.5. The predicted molar refractivity (Wildman–Crippen MR) is 208 cm³/mol. The van der Waals surface area contributed by atoms with Gasteiger partial charge in [0.25, 0.3) is 0 Å². The first-order chi connectivity index (χ1) is 25.5. The van der Waals surface area contributed by atoms with E-state index < -0.39 is 110 Å². The number of carbonyl (C=O) groups excluding carboxylic acids is 2. The summed E-state index contributed by atoms with van der Waals surface area (Å²) in [6.45, 7) is 19.8. The van der Waals surface area contributed by atoms with Crippen molar-refractivity contribution in [2.24, 2.45) is 51.2 Å². The van der Waals surface area contributed by atoms with Crippen molar-refractivity contribution >= 4 is 11.6 Å². The maximum Gasteiger partial charge on any atom is 0.174 e. The Kier molecular flexibility index (Phi) is 19.7. The van der Waals surface area contributed by atoms with Gasteiger partial charge in [0.05, 0.1) is 60.4 Å². The molecule has 9 N–H and O–H groups in total. The van der Waals surface area contributed by atoms with E-state index in [1.165, 1.54) is 0 Å². The molecule has 0 aromatic heterocycles. The van der Waals surface area contributed by atoms with Crippen LogP contribution in [0.5, 0.6) is 0 Å². The number of hydrogen-bond acceptors (Lipinski definition) is 13. The number of fused-ring (bicyclic) bond motifs is 10. The fourth-order valence-electron chi connectivity index (χ4n) is 14.3. The van der Waals surface area contributed by atoms with E-state index in [9.17, 15) is 55.5 Å². The van der Waals surface area contributed by atoms with Crippen LogP contribution >= 0.6 is 0 Å². The van der Waals surface area contributed by atoms with Gasteiger partial charge in [0.15, 0.2) is 11.6 Å². The summed E-state index contributed by atoms with van der Waals surface area (Å²) in [6.07, 6.45) is -6.27. The molecule has 13 unspecified atom stereocenters. The minimum Gasteiger partial charge on any atom is -0.392 e. The van der Waals surface area contributed by atoms with E-state index in [0.717, 1.165) is 0 Å². The molecule has 4 saturated carbocycles. The Hall–Kier alpha value is 4.15. The molecule has 336 valence electrons. The molecule has 6 aliphatic carbocycles. The van der Waals surface area contributed by atoms with Crippen molar-refractivity contribution < 1.29 is 241 Å². The Bertz CT molecular complexity index is 1670. The molecular formula is C44H70Ac4O13. The molecule has 8 aliphatic rings. The van der Waals surface area contributed by atoms with Crippen molar-refractivity contribution in [3.05, 3.63) is 22.3 Å². The van der Waals surface area contributed by atoms with Crippen molar-refractivity contribution in [1.82, 2.24) is 0 Å². The quantitative estimate of drug-likeness (QED) is 0.158. The Labute approximate surface area is 505 Å². The maximum atomic E-state index is 13.8. The molecule has 2 aliphatic heterocycles. The molecule has 13 nitrogen and oxygen atoms in total. The number of rotatable bonds is 0. The SMILES string of the molecule is C.CC1=C2C(O)C(=O)[C@@]3(C)C(C(C)C(O)(CC1O)C2(C)C)[C@]1(O)COC1C[C@@H]3C.CC1=C2C(O)C(=O)[C@]3(C)C(O)CC4OC[C@@]4(O)C3C(C)C(O)(CC1O)C2(C)C.[Ac].[Ac].[Ac].[Ac]. The minimum absolute atomic E-state index is 0. The standard InChI is InChI=1S/C22H34O6.C21H32O7.CH4.4Ac/c1-10-7-14-21(26,9-28-14)17-12(3)22(27)8-13(23)11(2)15(19(22,4)5)16(24)18(25)20(10,17)6;1-9-11(22)7-21(27)10(2)16-19(5,12(23)6-13-20(16,26)8-28-13)17(25)15(24)14(9)18(21,3)4;;;;;/h10,12-14,16-17,23-24,26-27H,7-9H2,1-6H3;10-13,15-16,22-24,26-27H,6-8H2,1-5H3;1H4;;;;/t10-,12?,13?,14?,16?,17?,20+,21-,22?;10?,11?,12?,13?,15?,16?,19-,20+,21?;;;;;/m01...../s1. The van der Waals surface area contributed by atoms with E-state index in [0.29, 0.717) is 28.7 Å². The third kappa shape index (κ3) is 7.98. The molecule has 0 amide bonds. The van der Waals surface area contributed by atoms with Gasteiger partial charge in [0.1, 0.15) is 23.4 Å². The van der Waals surface area contributed by atoms with Crippen molar-refractivity contribution in [3.63, 3.8) is 0 Å². The van der Waals surface area contributed by atoms with E-state index in [1.807, 2.05) is 34.6 Å². The fraction of sp³-hybridized carbons (Fsp3) is 0.864. The number of aliphatic hydroxyl groups is 9. The largest absolute Gasteiger partial charge is 0.392 e. The molecule has 0 aromatic rings. The van der Waals surface area contributed by atoms with Gasteiger partial charge >= 0.3 is 0 Å². The molecule has 18 atom stereocenters. The topological polar surface area (TPSA) is 235 Å². The smallest absolute Gasteiger partial charge is 0.174 e. The fourth-order valence-corrected chi connectivity index (χ4v) is 14.3. The van der Waals surface area contributed by atoms with Gasteiger partial charge in [-0.25, -0.2) is 0 Å². The second-order valence-electron chi connectivity index (χ2n) is 20.8. The Morgan fingerprint density at radius 2 is 0.885 bits per heavy atom. The van der Waals surface area contributed by atoms with Crippen LogP contribution in [0.1, 0.15) is 109 Å². The minimum atomic E-state index is -1.58. The summed E-state index contributed by atoms with van der Waals surface area (Å²) >= 11 is 0. The van der Waals surface area contributed by atoms with Gasteiger partial charge in [0.2, 0.25) is 0 Å². The van der Waals surface area contributed by atoms with Crippen molar-refractivity contribution in [2.75, 3.05) is 13.2 Å². The second-order valence-corrected chi connectivity index (χ2v) is 20.8. The number of aliphatic hydroxyl groups excluding tert-OH is 5. The third-order valence-electron chi connectivity index (χ3n) is 18.2. The number of hydrogen-bond donors (Lipinski definition) is 9. The van der Waals surface area contributed by atoms with E-state index in [1.54, 1.807) is 41.5 Å². The zero-order valence-corrected chi connectivity index (χ0v) is 56.1. The second kappa shape index (κ2) is 19.6. The summed E-state index contributed by atoms with van der Waals surface area (Å²) in [5.74, 6) is -3.57. The molecule has 0 spiro atoms. The molecule has 6 fully saturated rings. The summed E-state index contributed by atoms with van der Waals surface area (Å²) < 4.78 is 11.1. The van der Waals surface area contributed by atoms with Gasteiger partial charge in [-0.15, -0.1) is 0 Å². The van der Waals surface area contributed by atoms with Crippen LogP contribution in [0, 0.1) is 227 Å². The number of ketones is 2. The van der Waals surface area contributed by atoms with E-state index in [2.05, 4.69) is 0 Å². The van der Waals surface area contributed by atoms with E-state index >= 15 is 0 Å². The van der Waals surface area contributed by atoms with Gasteiger partial charge in [-0.3, -0.25) is 9.59 Å². The van der Waals surface area contributed by atoms with Gasteiger partial charge < -0.3 is 55.4 Å². The molecular weight excluding hydrogens is 1640 g/mol. The summed E-state index contributed by atoms with van der Waals surface area (Å²) in [5.41, 5.74) is -8.09. The summed E-state index contributed by atoms with van der Waals surface area (Å²) in [7, 11) is 0. The zero-order valence-electron chi connectivity index (χ0n) is 37.1. The van der Waals surface area contributed by atoms with Crippen LogP contribution in [-0.4, -0.2) is 136 Å². The molecule has 0 aromatic carbocycles.